The van der Waals surface area contributed by atoms with Crippen molar-refractivity contribution in [2.45, 2.75) is 35.8 Å². The van der Waals surface area contributed by atoms with Crippen molar-refractivity contribution in [3.63, 3.8) is 0 Å². The molecule has 0 aliphatic carbocycles. The highest BCUT2D eigenvalue weighted by Crippen LogP contribution is 2.15. The van der Waals surface area contributed by atoms with Gasteiger partial charge >= 0.3 is 0 Å². The zero-order valence-corrected chi connectivity index (χ0v) is 16.6. The Kier molecular flexibility index (Phi) is 7.51. The zero-order valence-electron chi connectivity index (χ0n) is 15.0. The third-order valence-corrected chi connectivity index (χ3v) is 6.21. The molecule has 0 aliphatic heterocycles. The quantitative estimate of drug-likeness (QED) is 0.551. The normalized spacial score (nSPS) is 14.6. The fraction of sp³-hybridized carbons (Fsp3) is 0.333. The van der Waals surface area contributed by atoms with Gasteiger partial charge in [0.05, 0.1) is 35.2 Å². The van der Waals surface area contributed by atoms with Crippen LogP contribution in [-0.2, 0) is 33.3 Å². The van der Waals surface area contributed by atoms with Crippen molar-refractivity contribution >= 4 is 20.2 Å². The van der Waals surface area contributed by atoms with Crippen molar-refractivity contribution in [2.75, 3.05) is 13.2 Å². The highest BCUT2D eigenvalue weighted by molar-refractivity contribution is 7.87. The molecule has 2 aromatic carbocycles. The SMILES string of the molecule is CC(COCC(C)OS(=O)(=O)c1ccccc1)OS(=O)(=O)c1ccccc1. The molecule has 2 aromatic rings. The molecule has 0 spiro atoms. The molecule has 0 N–H and O–H groups in total. The van der Waals surface area contributed by atoms with Crippen LogP contribution < -0.4 is 0 Å². The maximum Gasteiger partial charge on any atom is 0.297 e. The second kappa shape index (κ2) is 9.43. The maximum absolute atomic E-state index is 12.1. The monoisotopic (exact) mass is 414 g/mol. The first-order chi connectivity index (χ1) is 12.7. The molecule has 9 heteroatoms. The van der Waals surface area contributed by atoms with Crippen LogP contribution >= 0.6 is 0 Å². The van der Waals surface area contributed by atoms with E-state index in [1.165, 1.54) is 24.3 Å². The summed E-state index contributed by atoms with van der Waals surface area (Å²) in [7, 11) is -7.76. The van der Waals surface area contributed by atoms with Crippen LogP contribution in [0.4, 0.5) is 0 Å². The van der Waals surface area contributed by atoms with Gasteiger partial charge in [-0.2, -0.15) is 16.8 Å². The van der Waals surface area contributed by atoms with Crippen LogP contribution in [-0.4, -0.2) is 42.3 Å². The summed E-state index contributed by atoms with van der Waals surface area (Å²) >= 11 is 0. The molecule has 0 saturated carbocycles. The van der Waals surface area contributed by atoms with Crippen molar-refractivity contribution in [2.24, 2.45) is 0 Å². The topological polar surface area (TPSA) is 96.0 Å². The average Bonchev–Trinajstić information content (AvgIpc) is 2.62. The molecule has 0 aromatic heterocycles. The van der Waals surface area contributed by atoms with Crippen molar-refractivity contribution in [1.82, 2.24) is 0 Å². The van der Waals surface area contributed by atoms with Gasteiger partial charge in [-0.05, 0) is 38.1 Å². The molecule has 148 valence electrons. The fourth-order valence-electron chi connectivity index (χ4n) is 2.17. The third-order valence-electron chi connectivity index (χ3n) is 3.35. The molecule has 2 unspecified atom stereocenters. The molecule has 0 fully saturated rings. The van der Waals surface area contributed by atoms with Gasteiger partial charge in [0.2, 0.25) is 0 Å². The summed E-state index contributed by atoms with van der Waals surface area (Å²) in [5.74, 6) is 0. The van der Waals surface area contributed by atoms with Crippen molar-refractivity contribution in [3.05, 3.63) is 60.7 Å². The second-order valence-corrected chi connectivity index (χ2v) is 9.03. The highest BCUT2D eigenvalue weighted by atomic mass is 32.2. The Morgan fingerprint density at radius 1 is 0.667 bits per heavy atom. The lowest BCUT2D eigenvalue weighted by Crippen LogP contribution is -2.25. The largest absolute Gasteiger partial charge is 0.376 e. The summed E-state index contributed by atoms with van der Waals surface area (Å²) in [6.07, 6.45) is -1.48. The van der Waals surface area contributed by atoms with E-state index in [4.69, 9.17) is 13.1 Å². The molecule has 0 heterocycles. The van der Waals surface area contributed by atoms with Crippen LogP contribution in [0.2, 0.25) is 0 Å². The molecule has 2 atom stereocenters. The van der Waals surface area contributed by atoms with Gasteiger partial charge < -0.3 is 4.74 Å². The second-order valence-electron chi connectivity index (χ2n) is 5.89. The number of hydrogen-bond donors (Lipinski definition) is 0. The summed E-state index contributed by atoms with van der Waals surface area (Å²) in [6, 6.07) is 15.6. The molecule has 27 heavy (non-hydrogen) atoms. The summed E-state index contributed by atoms with van der Waals surface area (Å²) in [6.45, 7) is 3.02. The summed E-state index contributed by atoms with van der Waals surface area (Å²) in [4.78, 5) is 0.116. The van der Waals surface area contributed by atoms with E-state index in [2.05, 4.69) is 0 Å². The smallest absolute Gasteiger partial charge is 0.297 e. The number of rotatable bonds is 10. The lowest BCUT2D eigenvalue weighted by atomic mass is 10.4. The lowest BCUT2D eigenvalue weighted by Gasteiger charge is -2.16. The first-order valence-electron chi connectivity index (χ1n) is 8.25. The van der Waals surface area contributed by atoms with Gasteiger partial charge in [-0.15, -0.1) is 0 Å². The van der Waals surface area contributed by atoms with Gasteiger partial charge in [0, 0.05) is 0 Å². The van der Waals surface area contributed by atoms with Crippen molar-refractivity contribution < 1.29 is 29.9 Å². The van der Waals surface area contributed by atoms with Crippen LogP contribution in [0.1, 0.15) is 13.8 Å². The molecule has 0 bridgehead atoms. The van der Waals surface area contributed by atoms with Gasteiger partial charge in [-0.25, -0.2) is 0 Å². The van der Waals surface area contributed by atoms with Crippen molar-refractivity contribution in [3.8, 4) is 0 Å². The Balaban J connectivity index is 1.80. The first-order valence-corrected chi connectivity index (χ1v) is 11.1. The van der Waals surface area contributed by atoms with E-state index in [-0.39, 0.29) is 23.0 Å². The Morgan fingerprint density at radius 2 is 1.00 bits per heavy atom. The van der Waals surface area contributed by atoms with E-state index in [0.717, 1.165) is 0 Å². The van der Waals surface area contributed by atoms with E-state index in [0.29, 0.717) is 0 Å². The molecule has 7 nitrogen and oxygen atoms in total. The molecule has 2 rings (SSSR count). The molecular formula is C18H22O7S2. The molecular weight excluding hydrogens is 392 g/mol. The molecule has 0 saturated heterocycles. The van der Waals surface area contributed by atoms with Crippen LogP contribution in [0, 0.1) is 0 Å². The van der Waals surface area contributed by atoms with E-state index in [1.807, 2.05) is 0 Å². The minimum atomic E-state index is -3.88. The fourth-order valence-corrected chi connectivity index (χ4v) is 4.35. The Morgan fingerprint density at radius 3 is 1.33 bits per heavy atom. The Hall–Kier alpha value is -1.78. The summed E-state index contributed by atoms with van der Waals surface area (Å²) in [5.41, 5.74) is 0. The van der Waals surface area contributed by atoms with Crippen LogP contribution in [0.5, 0.6) is 0 Å². The molecule has 0 radical (unpaired) electrons. The van der Waals surface area contributed by atoms with Crippen LogP contribution in [0.15, 0.2) is 70.5 Å². The first kappa shape index (κ1) is 21.5. The van der Waals surface area contributed by atoms with Crippen LogP contribution in [0.3, 0.4) is 0 Å². The average molecular weight is 415 g/mol. The zero-order chi connectivity index (χ0) is 19.9. The standard InChI is InChI=1S/C18H22O7S2/c1-15(24-26(19,20)17-9-5-3-6-10-17)13-23-14-16(2)25-27(21,22)18-11-7-4-8-12-18/h3-12,15-16H,13-14H2,1-2H3. The van der Waals surface area contributed by atoms with Gasteiger partial charge in [-0.3, -0.25) is 8.37 Å². The minimum absolute atomic E-state index is 0.0366. The van der Waals surface area contributed by atoms with Gasteiger partial charge in [-0.1, -0.05) is 36.4 Å². The van der Waals surface area contributed by atoms with Gasteiger partial charge in [0.15, 0.2) is 0 Å². The highest BCUT2D eigenvalue weighted by Gasteiger charge is 2.21. The number of benzene rings is 2. The van der Waals surface area contributed by atoms with Crippen molar-refractivity contribution in [1.29, 1.82) is 0 Å². The Labute approximate surface area is 160 Å². The maximum atomic E-state index is 12.1. The predicted octanol–water partition coefficient (Wildman–Crippen LogP) is 2.59. The predicted molar refractivity (Wildman–Crippen MR) is 99.2 cm³/mol. The Bertz CT molecular complexity index is 833. The summed E-state index contributed by atoms with van der Waals surface area (Å²) < 4.78 is 63.9. The third kappa shape index (κ3) is 6.71. The minimum Gasteiger partial charge on any atom is -0.376 e. The van der Waals surface area contributed by atoms with E-state index >= 15 is 0 Å². The molecule has 0 aliphatic rings. The summed E-state index contributed by atoms with van der Waals surface area (Å²) in [5, 5.41) is 0. The number of hydrogen-bond acceptors (Lipinski definition) is 7. The molecule has 0 amide bonds. The van der Waals surface area contributed by atoms with Gasteiger partial charge in [0.1, 0.15) is 0 Å². The lowest BCUT2D eigenvalue weighted by molar-refractivity contribution is 0.0225. The van der Waals surface area contributed by atoms with Crippen LogP contribution in [0.25, 0.3) is 0 Å². The van der Waals surface area contributed by atoms with E-state index in [9.17, 15) is 16.8 Å². The number of ether oxygens (including phenoxy) is 1. The van der Waals surface area contributed by atoms with E-state index < -0.39 is 32.4 Å². The van der Waals surface area contributed by atoms with Gasteiger partial charge in [0.25, 0.3) is 20.2 Å². The van der Waals surface area contributed by atoms with E-state index in [1.54, 1.807) is 50.2 Å².